The Morgan fingerprint density at radius 3 is 2.41 bits per heavy atom. The molecule has 222 valence electrons. The first kappa shape index (κ1) is 30.4. The Labute approximate surface area is 232 Å². The van der Waals surface area contributed by atoms with Gasteiger partial charge >= 0.3 is 12.4 Å². The average molecular weight is 584 g/mol. The first-order valence-corrected chi connectivity index (χ1v) is 13.1. The van der Waals surface area contributed by atoms with Crippen molar-refractivity contribution in [1.82, 2.24) is 14.8 Å². The quantitative estimate of drug-likeness (QED) is 0.155. The highest BCUT2D eigenvalue weighted by Crippen LogP contribution is 2.37. The normalized spacial score (nSPS) is 17.3. The van der Waals surface area contributed by atoms with E-state index in [0.29, 0.717) is 51.2 Å². The molecule has 0 bridgehead atoms. The van der Waals surface area contributed by atoms with Crippen molar-refractivity contribution in [3.63, 3.8) is 0 Å². The number of para-hydroxylation sites is 1. The molecular formula is C28H31F6N5O2. The van der Waals surface area contributed by atoms with E-state index in [1.165, 1.54) is 4.90 Å². The molecule has 0 saturated carbocycles. The molecule has 7 nitrogen and oxygen atoms in total. The Morgan fingerprint density at radius 1 is 1.07 bits per heavy atom. The highest BCUT2D eigenvalue weighted by Gasteiger charge is 2.39. The molecule has 41 heavy (non-hydrogen) atoms. The Morgan fingerprint density at radius 2 is 1.76 bits per heavy atom. The summed E-state index contributed by atoms with van der Waals surface area (Å²) in [6.45, 7) is 3.89. The summed E-state index contributed by atoms with van der Waals surface area (Å²) in [5, 5.41) is 4.94. The van der Waals surface area contributed by atoms with Crippen molar-refractivity contribution < 1.29 is 36.0 Å². The number of nitrogens with one attached hydrogen (secondary N) is 1. The minimum Gasteiger partial charge on any atom is -0.395 e. The van der Waals surface area contributed by atoms with Crippen LogP contribution in [-0.2, 0) is 23.6 Å². The summed E-state index contributed by atoms with van der Waals surface area (Å²) in [5.74, 6) is -0.876. The number of aromatic amines is 1. The number of halogens is 6. The van der Waals surface area contributed by atoms with Gasteiger partial charge < -0.3 is 20.5 Å². The van der Waals surface area contributed by atoms with E-state index >= 15 is 0 Å². The number of fused-ring (bicyclic) bond motifs is 1. The second kappa shape index (κ2) is 12.5. The van der Waals surface area contributed by atoms with Gasteiger partial charge in [0.1, 0.15) is 6.61 Å². The summed E-state index contributed by atoms with van der Waals surface area (Å²) < 4.78 is 80.9. The lowest BCUT2D eigenvalue weighted by Crippen LogP contribution is -2.56. The van der Waals surface area contributed by atoms with Crippen LogP contribution >= 0.6 is 0 Å². The fraction of sp³-hybridized carbons (Fsp3) is 0.429. The number of oxime groups is 1. The lowest BCUT2D eigenvalue weighted by atomic mass is 9.98. The third kappa shape index (κ3) is 7.59. The number of piperazine rings is 1. The highest BCUT2D eigenvalue weighted by molar-refractivity contribution is 5.95. The molecule has 4 rings (SSSR count). The van der Waals surface area contributed by atoms with Crippen molar-refractivity contribution in [2.45, 2.75) is 38.2 Å². The van der Waals surface area contributed by atoms with Crippen LogP contribution in [-0.4, -0.2) is 71.8 Å². The maximum atomic E-state index is 13.6. The number of benzene rings is 2. The van der Waals surface area contributed by atoms with Crippen LogP contribution < -0.4 is 5.73 Å². The smallest absolute Gasteiger partial charge is 0.395 e. The predicted octanol–water partition coefficient (Wildman–Crippen LogP) is 5.32. The van der Waals surface area contributed by atoms with Crippen LogP contribution in [0.2, 0.25) is 0 Å². The van der Waals surface area contributed by atoms with Gasteiger partial charge in [-0.25, -0.2) is 0 Å². The van der Waals surface area contributed by atoms with E-state index in [1.807, 2.05) is 37.4 Å². The van der Waals surface area contributed by atoms with E-state index < -0.39 is 41.0 Å². The number of nitrogens with zero attached hydrogens (tertiary/aromatic N) is 3. The van der Waals surface area contributed by atoms with Gasteiger partial charge in [0.2, 0.25) is 0 Å². The van der Waals surface area contributed by atoms with Crippen LogP contribution in [0.3, 0.4) is 0 Å². The minimum atomic E-state index is -5.05. The molecule has 1 atom stereocenters. The first-order valence-electron chi connectivity index (χ1n) is 13.1. The fourth-order valence-corrected chi connectivity index (χ4v) is 4.94. The molecule has 1 saturated heterocycles. The van der Waals surface area contributed by atoms with Gasteiger partial charge in [-0.1, -0.05) is 23.4 Å². The van der Waals surface area contributed by atoms with Crippen molar-refractivity contribution in [1.29, 1.82) is 0 Å². The SMILES string of the molecule is CC(CCN1CCN(C(=O)c2cc(C(F)(F)F)cc(C(F)(F)F)c2)[C@H](Cc2c[nH]c3ccccc23)C1)=NOCCN. The van der Waals surface area contributed by atoms with Gasteiger partial charge in [0.15, 0.2) is 0 Å². The van der Waals surface area contributed by atoms with E-state index in [9.17, 15) is 31.1 Å². The summed E-state index contributed by atoms with van der Waals surface area (Å²) in [7, 11) is 0. The number of hydrogen-bond donors (Lipinski definition) is 2. The molecule has 3 N–H and O–H groups in total. The van der Waals surface area contributed by atoms with Crippen molar-refractivity contribution in [3.05, 3.63) is 70.9 Å². The summed E-state index contributed by atoms with van der Waals surface area (Å²) >= 11 is 0. The van der Waals surface area contributed by atoms with Crippen LogP contribution in [0.1, 0.15) is 40.4 Å². The second-order valence-corrected chi connectivity index (χ2v) is 10.0. The molecule has 1 amide bonds. The Bertz CT molecular complexity index is 1350. The molecule has 1 aromatic heterocycles. The number of carbonyl (C=O) groups excluding carboxylic acids is 1. The maximum absolute atomic E-state index is 13.6. The third-order valence-electron chi connectivity index (χ3n) is 7.01. The van der Waals surface area contributed by atoms with E-state index in [0.717, 1.165) is 22.2 Å². The molecule has 0 radical (unpaired) electrons. The number of carbonyl (C=O) groups is 1. The second-order valence-electron chi connectivity index (χ2n) is 10.0. The predicted molar refractivity (Wildman–Crippen MR) is 142 cm³/mol. The van der Waals surface area contributed by atoms with Gasteiger partial charge in [-0.2, -0.15) is 26.3 Å². The molecule has 0 spiro atoms. The van der Waals surface area contributed by atoms with Crippen LogP contribution in [0, 0.1) is 0 Å². The molecule has 2 aromatic carbocycles. The number of H-pyrrole nitrogens is 1. The summed E-state index contributed by atoms with van der Waals surface area (Å²) in [6.07, 6.45) is -7.37. The van der Waals surface area contributed by atoms with Gasteiger partial charge in [0.25, 0.3) is 5.91 Å². The van der Waals surface area contributed by atoms with Gasteiger partial charge in [-0.05, 0) is 43.2 Å². The molecule has 1 fully saturated rings. The first-order chi connectivity index (χ1) is 19.4. The largest absolute Gasteiger partial charge is 0.416 e. The number of alkyl halides is 6. The zero-order chi connectivity index (χ0) is 29.8. The highest BCUT2D eigenvalue weighted by atomic mass is 19.4. The number of hydrogen-bond acceptors (Lipinski definition) is 5. The average Bonchev–Trinajstić information content (AvgIpc) is 3.33. The molecule has 0 unspecified atom stereocenters. The summed E-state index contributed by atoms with van der Waals surface area (Å²) in [6, 6.07) is 8.05. The van der Waals surface area contributed by atoms with Crippen LogP contribution in [0.25, 0.3) is 10.9 Å². The molecule has 1 aliphatic heterocycles. The molecule has 13 heteroatoms. The Balaban J connectivity index is 1.62. The van der Waals surface area contributed by atoms with E-state index in [4.69, 9.17) is 10.6 Å². The number of amides is 1. The molecule has 2 heterocycles. The topological polar surface area (TPSA) is 87.0 Å². The van der Waals surface area contributed by atoms with Gasteiger partial charge in [0.05, 0.1) is 16.8 Å². The minimum absolute atomic E-state index is 0.0271. The lowest BCUT2D eigenvalue weighted by Gasteiger charge is -2.42. The van der Waals surface area contributed by atoms with Gasteiger partial charge in [-0.15, -0.1) is 0 Å². The summed E-state index contributed by atoms with van der Waals surface area (Å²) in [4.78, 5) is 25.4. The maximum Gasteiger partial charge on any atom is 0.416 e. The fourth-order valence-electron chi connectivity index (χ4n) is 4.94. The van der Waals surface area contributed by atoms with Crippen molar-refractivity contribution in [2.24, 2.45) is 10.9 Å². The summed E-state index contributed by atoms with van der Waals surface area (Å²) in [5.41, 5.74) is 4.22. The van der Waals surface area contributed by atoms with Gasteiger partial charge in [-0.3, -0.25) is 9.69 Å². The third-order valence-corrected chi connectivity index (χ3v) is 7.01. The van der Waals surface area contributed by atoms with E-state index in [1.54, 1.807) is 0 Å². The Hall–Kier alpha value is -3.58. The van der Waals surface area contributed by atoms with Crippen molar-refractivity contribution in [2.75, 3.05) is 39.3 Å². The van der Waals surface area contributed by atoms with E-state index in [-0.39, 0.29) is 19.2 Å². The van der Waals surface area contributed by atoms with Crippen molar-refractivity contribution in [3.8, 4) is 0 Å². The number of nitrogens with two attached hydrogens (primary N) is 1. The number of aromatic nitrogens is 1. The monoisotopic (exact) mass is 583 g/mol. The van der Waals surface area contributed by atoms with Gasteiger partial charge in [0, 0.05) is 67.8 Å². The Kier molecular flexibility index (Phi) is 9.27. The molecular weight excluding hydrogens is 552 g/mol. The van der Waals surface area contributed by atoms with Crippen LogP contribution in [0.15, 0.2) is 53.8 Å². The lowest BCUT2D eigenvalue weighted by molar-refractivity contribution is -0.143. The molecule has 1 aliphatic rings. The molecule has 0 aliphatic carbocycles. The van der Waals surface area contributed by atoms with E-state index in [2.05, 4.69) is 15.0 Å². The molecule has 3 aromatic rings. The van der Waals surface area contributed by atoms with Crippen LogP contribution in [0.4, 0.5) is 26.3 Å². The number of rotatable bonds is 9. The van der Waals surface area contributed by atoms with Crippen LogP contribution in [0.5, 0.6) is 0 Å². The van der Waals surface area contributed by atoms with Crippen molar-refractivity contribution >= 4 is 22.5 Å². The standard InChI is InChI=1S/C28H31F6N5O2/c1-18(37-41-11-7-35)6-8-38-9-10-39(23(17-38)14-20-16-36-25-5-3-2-4-24(20)25)26(40)19-12-21(27(29,30)31)15-22(13-19)28(32,33)34/h2-5,12-13,15-16,23,36H,6-11,14,17,35H2,1H3/t23-/m1/s1. The zero-order valence-corrected chi connectivity index (χ0v) is 22.4. The zero-order valence-electron chi connectivity index (χ0n) is 22.4.